The highest BCUT2D eigenvalue weighted by molar-refractivity contribution is 5.67. The van der Waals surface area contributed by atoms with E-state index in [9.17, 15) is 13.6 Å². The monoisotopic (exact) mass is 261 g/mol. The molecule has 0 fully saturated rings. The molecule has 0 aliphatic carbocycles. The van der Waals surface area contributed by atoms with Crippen LogP contribution in [0.25, 0.3) is 0 Å². The number of carbonyl (C=O) groups excluding carboxylic acids is 1. The topological polar surface area (TPSA) is 67.8 Å². The Morgan fingerprint density at radius 3 is 2.78 bits per heavy atom. The smallest absolute Gasteiger partial charge is 0.407 e. The molecule has 5 nitrogen and oxygen atoms in total. The molecule has 0 atom stereocenters. The number of alkyl halides is 2. The van der Waals surface area contributed by atoms with Crippen LogP contribution in [0.1, 0.15) is 5.56 Å². The second-order valence-electron chi connectivity index (χ2n) is 3.20. The van der Waals surface area contributed by atoms with Gasteiger partial charge in [0.05, 0.1) is 6.61 Å². The van der Waals surface area contributed by atoms with E-state index >= 15 is 0 Å². The minimum absolute atomic E-state index is 0.00467. The molecule has 0 aliphatic rings. The van der Waals surface area contributed by atoms with Crippen LogP contribution in [0, 0.1) is 0 Å². The molecule has 18 heavy (non-hydrogen) atoms. The van der Waals surface area contributed by atoms with Crippen molar-refractivity contribution in [1.82, 2.24) is 5.32 Å². The van der Waals surface area contributed by atoms with Gasteiger partial charge in [-0.25, -0.2) is 4.79 Å². The molecular weight excluding hydrogens is 248 g/mol. The van der Waals surface area contributed by atoms with Crippen LogP contribution < -0.4 is 10.1 Å². The van der Waals surface area contributed by atoms with Crippen LogP contribution in [0.5, 0.6) is 5.75 Å². The van der Waals surface area contributed by atoms with Crippen molar-refractivity contribution in [3.05, 3.63) is 29.8 Å². The van der Waals surface area contributed by atoms with Crippen molar-refractivity contribution in [2.45, 2.75) is 13.2 Å². The molecule has 0 saturated carbocycles. The summed E-state index contributed by atoms with van der Waals surface area (Å²) in [6.07, 6.45) is -0.740. The van der Waals surface area contributed by atoms with E-state index in [0.29, 0.717) is 5.56 Å². The fourth-order valence-corrected chi connectivity index (χ4v) is 1.22. The van der Waals surface area contributed by atoms with E-state index in [-0.39, 0.29) is 25.5 Å². The lowest BCUT2D eigenvalue weighted by atomic mass is 10.2. The molecule has 0 unspecified atom stereocenters. The number of rotatable bonds is 6. The minimum Gasteiger partial charge on any atom is -0.447 e. The van der Waals surface area contributed by atoms with Gasteiger partial charge in [-0.3, -0.25) is 0 Å². The van der Waals surface area contributed by atoms with Crippen molar-refractivity contribution in [2.75, 3.05) is 13.2 Å². The Bertz CT molecular complexity index is 387. The van der Waals surface area contributed by atoms with Gasteiger partial charge in [0.15, 0.2) is 0 Å². The van der Waals surface area contributed by atoms with E-state index in [0.717, 1.165) is 0 Å². The first kappa shape index (κ1) is 14.2. The van der Waals surface area contributed by atoms with Gasteiger partial charge in [-0.1, -0.05) is 18.2 Å². The van der Waals surface area contributed by atoms with Crippen LogP contribution in [0.15, 0.2) is 24.3 Å². The Balaban J connectivity index is 2.53. The lowest BCUT2D eigenvalue weighted by Gasteiger charge is -2.11. The molecule has 0 bridgehead atoms. The van der Waals surface area contributed by atoms with Crippen molar-refractivity contribution >= 4 is 6.09 Å². The number of hydrogen-bond acceptors (Lipinski definition) is 4. The first-order valence-electron chi connectivity index (χ1n) is 5.17. The lowest BCUT2D eigenvalue weighted by molar-refractivity contribution is -0.0504. The Kier molecular flexibility index (Phi) is 5.86. The average Bonchev–Trinajstić information content (AvgIpc) is 2.34. The van der Waals surface area contributed by atoms with Gasteiger partial charge in [0, 0.05) is 12.1 Å². The summed E-state index contributed by atoms with van der Waals surface area (Å²) in [5.41, 5.74) is 0.402. The van der Waals surface area contributed by atoms with E-state index in [1.165, 1.54) is 6.07 Å². The van der Waals surface area contributed by atoms with Crippen molar-refractivity contribution in [3.63, 3.8) is 0 Å². The zero-order valence-electron chi connectivity index (χ0n) is 9.44. The predicted octanol–water partition coefficient (Wildman–Crippen LogP) is 1.51. The third-order valence-corrected chi connectivity index (χ3v) is 1.94. The van der Waals surface area contributed by atoms with Crippen LogP contribution in [-0.2, 0) is 11.3 Å². The maximum atomic E-state index is 12.1. The summed E-state index contributed by atoms with van der Waals surface area (Å²) in [5, 5.41) is 10.8. The molecule has 0 aromatic heterocycles. The van der Waals surface area contributed by atoms with E-state index in [1.807, 2.05) is 0 Å². The molecule has 1 amide bonds. The summed E-state index contributed by atoms with van der Waals surface area (Å²) >= 11 is 0. The quantitative estimate of drug-likeness (QED) is 0.814. The summed E-state index contributed by atoms with van der Waals surface area (Å²) in [6, 6.07) is 6.10. The largest absolute Gasteiger partial charge is 0.447 e. The number of hydrogen-bond donors (Lipinski definition) is 2. The van der Waals surface area contributed by atoms with Gasteiger partial charge >= 0.3 is 12.7 Å². The lowest BCUT2D eigenvalue weighted by Crippen LogP contribution is -2.25. The molecule has 0 spiro atoms. The summed E-state index contributed by atoms with van der Waals surface area (Å²) in [5.74, 6) is -0.00467. The number of benzene rings is 1. The van der Waals surface area contributed by atoms with Gasteiger partial charge in [0.2, 0.25) is 0 Å². The summed E-state index contributed by atoms with van der Waals surface area (Å²) < 4.78 is 33.0. The highest BCUT2D eigenvalue weighted by Crippen LogP contribution is 2.19. The number of aliphatic hydroxyl groups is 1. The number of ether oxygens (including phenoxy) is 2. The van der Waals surface area contributed by atoms with Gasteiger partial charge in [-0.05, 0) is 6.07 Å². The van der Waals surface area contributed by atoms with Gasteiger partial charge in [-0.15, -0.1) is 0 Å². The summed E-state index contributed by atoms with van der Waals surface area (Å²) in [7, 11) is 0. The fourth-order valence-electron chi connectivity index (χ4n) is 1.22. The maximum absolute atomic E-state index is 12.1. The second kappa shape index (κ2) is 7.44. The van der Waals surface area contributed by atoms with Gasteiger partial charge in [-0.2, -0.15) is 8.78 Å². The SMILES string of the molecule is O=C(NCc1ccccc1OC(F)F)OCCO. The van der Waals surface area contributed by atoms with Crippen LogP contribution >= 0.6 is 0 Å². The van der Waals surface area contributed by atoms with Crippen molar-refractivity contribution < 1.29 is 28.2 Å². The van der Waals surface area contributed by atoms with Gasteiger partial charge < -0.3 is 19.9 Å². The van der Waals surface area contributed by atoms with Crippen molar-refractivity contribution in [1.29, 1.82) is 0 Å². The Morgan fingerprint density at radius 2 is 2.11 bits per heavy atom. The fraction of sp³-hybridized carbons (Fsp3) is 0.364. The summed E-state index contributed by atoms with van der Waals surface area (Å²) in [4.78, 5) is 11.1. The number of para-hydroxylation sites is 1. The molecule has 1 aromatic rings. The molecule has 0 aliphatic heterocycles. The van der Waals surface area contributed by atoms with Crippen LogP contribution in [0.2, 0.25) is 0 Å². The highest BCUT2D eigenvalue weighted by Gasteiger charge is 2.10. The Hall–Kier alpha value is -1.89. The minimum atomic E-state index is -2.92. The van der Waals surface area contributed by atoms with Crippen molar-refractivity contribution in [2.24, 2.45) is 0 Å². The molecule has 7 heteroatoms. The molecule has 0 heterocycles. The number of amides is 1. The molecular formula is C11H13F2NO4. The molecule has 0 radical (unpaired) electrons. The number of halogens is 2. The van der Waals surface area contributed by atoms with Gasteiger partial charge in [0.25, 0.3) is 0 Å². The van der Waals surface area contributed by atoms with Gasteiger partial charge in [0.1, 0.15) is 12.4 Å². The molecule has 0 saturated heterocycles. The Labute approximate surface area is 102 Å². The van der Waals surface area contributed by atoms with Crippen molar-refractivity contribution in [3.8, 4) is 5.75 Å². The number of nitrogens with one attached hydrogen (secondary N) is 1. The van der Waals surface area contributed by atoms with Crippen LogP contribution in [-0.4, -0.2) is 31.0 Å². The number of alkyl carbamates (subject to hydrolysis) is 1. The molecule has 2 N–H and O–H groups in total. The summed E-state index contributed by atoms with van der Waals surface area (Å²) in [6.45, 7) is -3.33. The second-order valence-corrected chi connectivity index (χ2v) is 3.20. The highest BCUT2D eigenvalue weighted by atomic mass is 19.3. The van der Waals surface area contributed by atoms with E-state index < -0.39 is 12.7 Å². The zero-order chi connectivity index (χ0) is 13.4. The van der Waals surface area contributed by atoms with Crippen LogP contribution in [0.3, 0.4) is 0 Å². The van der Waals surface area contributed by atoms with E-state index in [1.54, 1.807) is 18.2 Å². The molecule has 100 valence electrons. The first-order chi connectivity index (χ1) is 8.63. The first-order valence-corrected chi connectivity index (χ1v) is 5.17. The molecule has 1 rings (SSSR count). The normalized spacial score (nSPS) is 10.2. The standard InChI is InChI=1S/C11H13F2NO4/c12-10(13)18-9-4-2-1-3-8(9)7-14-11(16)17-6-5-15/h1-4,10,15H,5-7H2,(H,14,16). The van der Waals surface area contributed by atoms with E-state index in [2.05, 4.69) is 14.8 Å². The Morgan fingerprint density at radius 1 is 1.39 bits per heavy atom. The van der Waals surface area contributed by atoms with Crippen LogP contribution in [0.4, 0.5) is 13.6 Å². The predicted molar refractivity (Wildman–Crippen MR) is 58.3 cm³/mol. The van der Waals surface area contributed by atoms with E-state index in [4.69, 9.17) is 5.11 Å². The average molecular weight is 261 g/mol. The molecule has 1 aromatic carbocycles. The number of aliphatic hydroxyl groups excluding tert-OH is 1. The number of carbonyl (C=O) groups is 1. The maximum Gasteiger partial charge on any atom is 0.407 e. The third-order valence-electron chi connectivity index (χ3n) is 1.94. The third kappa shape index (κ3) is 4.96. The zero-order valence-corrected chi connectivity index (χ0v) is 9.44.